The van der Waals surface area contributed by atoms with Gasteiger partial charge in [0.1, 0.15) is 5.75 Å². The van der Waals surface area contributed by atoms with Gasteiger partial charge in [-0.05, 0) is 31.5 Å². The van der Waals surface area contributed by atoms with Crippen LogP contribution in [0.1, 0.15) is 17.3 Å². The summed E-state index contributed by atoms with van der Waals surface area (Å²) in [6.45, 7) is 6.18. The number of amides is 1. The molecule has 0 atom stereocenters. The molecule has 7 heteroatoms. The van der Waals surface area contributed by atoms with Crippen molar-refractivity contribution in [1.82, 2.24) is 15.3 Å². The summed E-state index contributed by atoms with van der Waals surface area (Å²) in [5.41, 5.74) is 3.71. The van der Waals surface area contributed by atoms with E-state index in [1.54, 1.807) is 0 Å². The first-order chi connectivity index (χ1) is 11.2. The first-order valence-electron chi connectivity index (χ1n) is 8.08. The number of likely N-dealkylation sites (N-methyl/N-ethyl adjacent to an activating group) is 1. The molecule has 5 nitrogen and oxygen atoms in total. The lowest BCUT2D eigenvalue weighted by Gasteiger charge is -2.32. The lowest BCUT2D eigenvalue weighted by molar-refractivity contribution is 0.0664. The third-order valence-electron chi connectivity index (χ3n) is 4.19. The largest absolute Gasteiger partial charge is 0.493 e. The molecule has 1 aliphatic heterocycles. The highest BCUT2D eigenvalue weighted by Gasteiger charge is 2.18. The van der Waals surface area contributed by atoms with Gasteiger partial charge in [0.15, 0.2) is 0 Å². The monoisotopic (exact) mass is 385 g/mol. The summed E-state index contributed by atoms with van der Waals surface area (Å²) in [6.07, 6.45) is 0. The molecule has 2 aromatic carbocycles. The molecule has 1 saturated heterocycles. The number of fused-ring (bicyclic) bond motifs is 1. The molecule has 0 aromatic heterocycles. The summed E-state index contributed by atoms with van der Waals surface area (Å²) in [6, 6.07) is 11.6. The molecule has 2 aromatic rings. The molecular weight excluding hydrogens is 361 g/mol. The standard InChI is InChI=1S/C18H23N3O2.2ClH/c1-3-23-17-9-8-16(14-6-4-5-7-15(14)17)18(22)19-21-12-10-20(2)11-13-21;;/h4-9H,3,10-13H2,1-2H3,(H,19,22);2*1H. The Labute approximate surface area is 161 Å². The number of rotatable bonds is 4. The second-order valence-corrected chi connectivity index (χ2v) is 5.82. The van der Waals surface area contributed by atoms with E-state index in [4.69, 9.17) is 4.74 Å². The van der Waals surface area contributed by atoms with E-state index in [1.165, 1.54) is 0 Å². The molecule has 0 spiro atoms. The van der Waals surface area contributed by atoms with Crippen molar-refractivity contribution in [3.05, 3.63) is 42.0 Å². The number of hydrazine groups is 1. The highest BCUT2D eigenvalue weighted by Crippen LogP contribution is 2.28. The van der Waals surface area contributed by atoms with Crippen LogP contribution < -0.4 is 10.2 Å². The van der Waals surface area contributed by atoms with E-state index < -0.39 is 0 Å². The van der Waals surface area contributed by atoms with Crippen LogP contribution in [0.25, 0.3) is 10.8 Å². The van der Waals surface area contributed by atoms with Crippen LogP contribution in [0.5, 0.6) is 5.75 Å². The minimum atomic E-state index is -0.0613. The van der Waals surface area contributed by atoms with Crippen LogP contribution >= 0.6 is 24.8 Å². The van der Waals surface area contributed by atoms with Crippen LogP contribution in [0.15, 0.2) is 36.4 Å². The second-order valence-electron chi connectivity index (χ2n) is 5.82. The van der Waals surface area contributed by atoms with Crippen molar-refractivity contribution in [2.75, 3.05) is 39.8 Å². The second kappa shape index (κ2) is 9.82. The minimum absolute atomic E-state index is 0. The Kier molecular flexibility index (Phi) is 8.45. The van der Waals surface area contributed by atoms with Gasteiger partial charge in [-0.25, -0.2) is 5.01 Å². The third-order valence-corrected chi connectivity index (χ3v) is 4.19. The minimum Gasteiger partial charge on any atom is -0.493 e. The lowest BCUT2D eigenvalue weighted by atomic mass is 10.0. The van der Waals surface area contributed by atoms with Crippen molar-refractivity contribution in [2.45, 2.75) is 6.92 Å². The number of halogens is 2. The quantitative estimate of drug-likeness (QED) is 0.878. The summed E-state index contributed by atoms with van der Waals surface area (Å²) in [5.74, 6) is 0.757. The number of hydrogen-bond acceptors (Lipinski definition) is 4. The maximum atomic E-state index is 12.7. The van der Waals surface area contributed by atoms with E-state index in [0.29, 0.717) is 12.2 Å². The molecule has 1 aliphatic rings. The molecule has 1 amide bonds. The maximum absolute atomic E-state index is 12.7. The summed E-state index contributed by atoms with van der Waals surface area (Å²) >= 11 is 0. The van der Waals surface area contributed by atoms with Gasteiger partial charge in [-0.3, -0.25) is 10.2 Å². The summed E-state index contributed by atoms with van der Waals surface area (Å²) in [4.78, 5) is 14.9. The lowest BCUT2D eigenvalue weighted by Crippen LogP contribution is -2.52. The SMILES string of the molecule is CCOc1ccc(C(=O)NN2CCN(C)CC2)c2ccccc12.Cl.Cl. The van der Waals surface area contributed by atoms with Crippen molar-refractivity contribution in [3.8, 4) is 5.75 Å². The Hall–Kier alpha value is -1.53. The van der Waals surface area contributed by atoms with Crippen LogP contribution in [0.2, 0.25) is 0 Å². The van der Waals surface area contributed by atoms with Crippen molar-refractivity contribution in [2.24, 2.45) is 0 Å². The van der Waals surface area contributed by atoms with E-state index in [-0.39, 0.29) is 30.7 Å². The van der Waals surface area contributed by atoms with Crippen molar-refractivity contribution in [1.29, 1.82) is 0 Å². The van der Waals surface area contributed by atoms with E-state index in [9.17, 15) is 4.79 Å². The Bertz CT molecular complexity index is 704. The zero-order valence-corrected chi connectivity index (χ0v) is 16.2. The van der Waals surface area contributed by atoms with Crippen LogP contribution in [0.4, 0.5) is 0 Å². The van der Waals surface area contributed by atoms with Gasteiger partial charge < -0.3 is 9.64 Å². The number of nitrogens with one attached hydrogen (secondary N) is 1. The van der Waals surface area contributed by atoms with Crippen LogP contribution in [0.3, 0.4) is 0 Å². The molecule has 0 unspecified atom stereocenters. The molecular formula is C18H25Cl2N3O2. The van der Waals surface area contributed by atoms with E-state index >= 15 is 0 Å². The molecule has 0 aliphatic carbocycles. The van der Waals surface area contributed by atoms with Crippen molar-refractivity contribution in [3.63, 3.8) is 0 Å². The van der Waals surface area contributed by atoms with Gasteiger partial charge in [0, 0.05) is 37.1 Å². The molecule has 0 radical (unpaired) electrons. The van der Waals surface area contributed by atoms with E-state index in [1.807, 2.05) is 48.3 Å². The van der Waals surface area contributed by atoms with Crippen molar-refractivity contribution < 1.29 is 9.53 Å². The number of piperazine rings is 1. The van der Waals surface area contributed by atoms with Crippen LogP contribution in [0, 0.1) is 0 Å². The first kappa shape index (κ1) is 21.5. The molecule has 1 N–H and O–H groups in total. The number of carbonyl (C=O) groups excluding carboxylic acids is 1. The smallest absolute Gasteiger partial charge is 0.266 e. The molecule has 138 valence electrons. The third kappa shape index (κ3) is 4.98. The Morgan fingerprint density at radius 2 is 1.68 bits per heavy atom. The fraction of sp³-hybridized carbons (Fsp3) is 0.389. The summed E-state index contributed by atoms with van der Waals surface area (Å²) in [7, 11) is 2.10. The first-order valence-corrected chi connectivity index (χ1v) is 8.08. The number of benzene rings is 2. The number of nitrogens with zero attached hydrogens (tertiary/aromatic N) is 2. The normalized spacial score (nSPS) is 15.1. The molecule has 1 fully saturated rings. The summed E-state index contributed by atoms with van der Waals surface area (Å²) in [5, 5.41) is 3.89. The molecule has 0 bridgehead atoms. The topological polar surface area (TPSA) is 44.8 Å². The zero-order valence-electron chi connectivity index (χ0n) is 14.5. The molecule has 25 heavy (non-hydrogen) atoms. The average molecular weight is 386 g/mol. The van der Waals surface area contributed by atoms with Gasteiger partial charge in [-0.1, -0.05) is 24.3 Å². The van der Waals surface area contributed by atoms with Gasteiger partial charge >= 0.3 is 0 Å². The van der Waals surface area contributed by atoms with Crippen LogP contribution in [-0.2, 0) is 0 Å². The van der Waals surface area contributed by atoms with Gasteiger partial charge in [-0.15, -0.1) is 24.8 Å². The van der Waals surface area contributed by atoms with Gasteiger partial charge in [0.25, 0.3) is 5.91 Å². The van der Waals surface area contributed by atoms with E-state index in [2.05, 4.69) is 17.4 Å². The Balaban J connectivity index is 0.00000156. The highest BCUT2D eigenvalue weighted by molar-refractivity contribution is 6.08. The zero-order chi connectivity index (χ0) is 16.2. The van der Waals surface area contributed by atoms with Crippen molar-refractivity contribution >= 4 is 41.5 Å². The predicted molar refractivity (Wildman–Crippen MR) is 106 cm³/mol. The van der Waals surface area contributed by atoms with Gasteiger partial charge in [-0.2, -0.15) is 0 Å². The summed E-state index contributed by atoms with van der Waals surface area (Å²) < 4.78 is 5.67. The van der Waals surface area contributed by atoms with Crippen LogP contribution in [-0.4, -0.2) is 55.6 Å². The fourth-order valence-corrected chi connectivity index (χ4v) is 2.87. The highest BCUT2D eigenvalue weighted by atomic mass is 35.5. The van der Waals surface area contributed by atoms with E-state index in [0.717, 1.165) is 42.7 Å². The number of ether oxygens (including phenoxy) is 1. The fourth-order valence-electron chi connectivity index (χ4n) is 2.87. The predicted octanol–water partition coefficient (Wildman–Crippen LogP) is 2.97. The van der Waals surface area contributed by atoms with Gasteiger partial charge in [0.05, 0.1) is 6.61 Å². The molecule has 0 saturated carbocycles. The Morgan fingerprint density at radius 1 is 1.04 bits per heavy atom. The number of carbonyl (C=O) groups is 1. The molecule has 3 rings (SSSR count). The average Bonchev–Trinajstić information content (AvgIpc) is 2.57. The number of hydrogen-bond donors (Lipinski definition) is 1. The molecule has 1 heterocycles. The maximum Gasteiger partial charge on any atom is 0.266 e. The van der Waals surface area contributed by atoms with Gasteiger partial charge in [0.2, 0.25) is 0 Å². The Morgan fingerprint density at radius 3 is 2.32 bits per heavy atom.